The van der Waals surface area contributed by atoms with Crippen LogP contribution in [0.25, 0.3) is 0 Å². The number of aliphatic hydroxyl groups excluding tert-OH is 1. The summed E-state index contributed by atoms with van der Waals surface area (Å²) in [6.07, 6.45) is 7.82. The van der Waals surface area contributed by atoms with E-state index >= 15 is 0 Å². The molecule has 3 heteroatoms. The standard InChI is InChI=1S/C15H32N2O/c1-4-16-15(3,13-18)11-8-12-17(5-2)14-9-6-7-10-14/h14,16,18H,4-13H2,1-3H3. The molecule has 0 spiro atoms. The summed E-state index contributed by atoms with van der Waals surface area (Å²) in [5, 5.41) is 12.9. The van der Waals surface area contributed by atoms with Crippen molar-refractivity contribution in [1.82, 2.24) is 10.2 Å². The maximum atomic E-state index is 9.47. The molecule has 0 radical (unpaired) electrons. The minimum absolute atomic E-state index is 0.0934. The van der Waals surface area contributed by atoms with Crippen molar-refractivity contribution >= 4 is 0 Å². The third-order valence-corrected chi connectivity index (χ3v) is 4.37. The molecule has 0 aromatic rings. The molecule has 0 amide bonds. The second kappa shape index (κ2) is 8.13. The van der Waals surface area contributed by atoms with E-state index in [0.29, 0.717) is 0 Å². The van der Waals surface area contributed by atoms with Crippen LogP contribution < -0.4 is 5.32 Å². The molecule has 0 saturated heterocycles. The summed E-state index contributed by atoms with van der Waals surface area (Å²) in [5.41, 5.74) is -0.0934. The van der Waals surface area contributed by atoms with Crippen molar-refractivity contribution in [3.05, 3.63) is 0 Å². The van der Waals surface area contributed by atoms with Gasteiger partial charge in [0.2, 0.25) is 0 Å². The van der Waals surface area contributed by atoms with Crippen molar-refractivity contribution in [2.45, 2.75) is 70.9 Å². The maximum Gasteiger partial charge on any atom is 0.0610 e. The fourth-order valence-corrected chi connectivity index (χ4v) is 3.19. The molecule has 1 saturated carbocycles. The SMILES string of the molecule is CCNC(C)(CO)CCCN(CC)C1CCCC1. The first-order valence-electron chi connectivity index (χ1n) is 7.75. The molecule has 0 aromatic heterocycles. The van der Waals surface area contributed by atoms with Gasteiger partial charge in [-0.15, -0.1) is 0 Å². The molecule has 2 N–H and O–H groups in total. The van der Waals surface area contributed by atoms with E-state index in [1.54, 1.807) is 0 Å². The first-order chi connectivity index (χ1) is 8.65. The summed E-state index contributed by atoms with van der Waals surface area (Å²) in [6.45, 7) is 10.0. The van der Waals surface area contributed by atoms with Crippen LogP contribution in [0, 0.1) is 0 Å². The van der Waals surface area contributed by atoms with Crippen molar-refractivity contribution < 1.29 is 5.11 Å². The van der Waals surface area contributed by atoms with Crippen LogP contribution in [0.2, 0.25) is 0 Å². The summed E-state index contributed by atoms with van der Waals surface area (Å²) in [5.74, 6) is 0. The molecule has 3 nitrogen and oxygen atoms in total. The first kappa shape index (κ1) is 15.9. The Morgan fingerprint density at radius 1 is 1.28 bits per heavy atom. The molecule has 1 aliphatic rings. The van der Waals surface area contributed by atoms with E-state index in [1.165, 1.54) is 45.2 Å². The lowest BCUT2D eigenvalue weighted by Crippen LogP contribution is -2.46. The van der Waals surface area contributed by atoms with Crippen molar-refractivity contribution in [2.24, 2.45) is 0 Å². The number of rotatable bonds is 9. The molecule has 0 heterocycles. The summed E-state index contributed by atoms with van der Waals surface area (Å²) in [6, 6.07) is 0.828. The summed E-state index contributed by atoms with van der Waals surface area (Å²) in [4.78, 5) is 2.64. The molecule has 0 bridgehead atoms. The summed E-state index contributed by atoms with van der Waals surface area (Å²) < 4.78 is 0. The molecule has 1 rings (SSSR count). The zero-order valence-corrected chi connectivity index (χ0v) is 12.5. The second-order valence-corrected chi connectivity index (χ2v) is 5.92. The molecule has 0 aliphatic heterocycles. The van der Waals surface area contributed by atoms with Crippen molar-refractivity contribution in [2.75, 3.05) is 26.2 Å². The smallest absolute Gasteiger partial charge is 0.0610 e. The monoisotopic (exact) mass is 256 g/mol. The van der Waals surface area contributed by atoms with Gasteiger partial charge in [0.25, 0.3) is 0 Å². The summed E-state index contributed by atoms with van der Waals surface area (Å²) in [7, 11) is 0. The van der Waals surface area contributed by atoms with Gasteiger partial charge in [0.15, 0.2) is 0 Å². The minimum atomic E-state index is -0.0934. The lowest BCUT2D eigenvalue weighted by molar-refractivity contribution is 0.150. The normalized spacial score (nSPS) is 20.5. The Kier molecular flexibility index (Phi) is 7.20. The fraction of sp³-hybridized carbons (Fsp3) is 1.00. The maximum absolute atomic E-state index is 9.47. The molecule has 1 aliphatic carbocycles. The Morgan fingerprint density at radius 2 is 1.94 bits per heavy atom. The Bertz CT molecular complexity index is 217. The zero-order chi connectivity index (χ0) is 13.4. The molecular formula is C15H32N2O. The number of nitrogens with zero attached hydrogens (tertiary/aromatic N) is 1. The third kappa shape index (κ3) is 4.87. The van der Waals surface area contributed by atoms with Gasteiger partial charge in [-0.1, -0.05) is 26.7 Å². The van der Waals surface area contributed by atoms with Crippen LogP contribution >= 0.6 is 0 Å². The Labute approximate surface area is 113 Å². The van der Waals surface area contributed by atoms with Gasteiger partial charge >= 0.3 is 0 Å². The number of likely N-dealkylation sites (N-methyl/N-ethyl adjacent to an activating group) is 1. The van der Waals surface area contributed by atoms with Crippen LogP contribution in [0.5, 0.6) is 0 Å². The lowest BCUT2D eigenvalue weighted by atomic mass is 9.96. The topological polar surface area (TPSA) is 35.5 Å². The third-order valence-electron chi connectivity index (χ3n) is 4.37. The van der Waals surface area contributed by atoms with Crippen LogP contribution in [-0.4, -0.2) is 47.8 Å². The van der Waals surface area contributed by atoms with E-state index < -0.39 is 0 Å². The predicted molar refractivity (Wildman–Crippen MR) is 77.9 cm³/mol. The van der Waals surface area contributed by atoms with Crippen LogP contribution in [-0.2, 0) is 0 Å². The predicted octanol–water partition coefficient (Wildman–Crippen LogP) is 2.39. The zero-order valence-electron chi connectivity index (χ0n) is 12.5. The van der Waals surface area contributed by atoms with E-state index in [-0.39, 0.29) is 12.1 Å². The Balaban J connectivity index is 2.29. The van der Waals surface area contributed by atoms with E-state index in [1.807, 2.05) is 0 Å². The molecular weight excluding hydrogens is 224 g/mol. The highest BCUT2D eigenvalue weighted by Gasteiger charge is 2.24. The van der Waals surface area contributed by atoms with Gasteiger partial charge in [-0.25, -0.2) is 0 Å². The first-order valence-corrected chi connectivity index (χ1v) is 7.75. The number of aliphatic hydroxyl groups is 1. The molecule has 0 aromatic carbocycles. The minimum Gasteiger partial charge on any atom is -0.394 e. The highest BCUT2D eigenvalue weighted by molar-refractivity contribution is 4.83. The van der Waals surface area contributed by atoms with Crippen LogP contribution in [0.15, 0.2) is 0 Å². The number of hydrogen-bond donors (Lipinski definition) is 2. The average molecular weight is 256 g/mol. The number of hydrogen-bond acceptors (Lipinski definition) is 3. The van der Waals surface area contributed by atoms with Gasteiger partial charge in [-0.3, -0.25) is 0 Å². The van der Waals surface area contributed by atoms with Crippen LogP contribution in [0.4, 0.5) is 0 Å². The van der Waals surface area contributed by atoms with Gasteiger partial charge in [-0.2, -0.15) is 0 Å². The van der Waals surface area contributed by atoms with Crippen LogP contribution in [0.3, 0.4) is 0 Å². The largest absolute Gasteiger partial charge is 0.394 e. The van der Waals surface area contributed by atoms with Crippen molar-refractivity contribution in [3.8, 4) is 0 Å². The lowest BCUT2D eigenvalue weighted by Gasteiger charge is -2.31. The summed E-state index contributed by atoms with van der Waals surface area (Å²) >= 11 is 0. The highest BCUT2D eigenvalue weighted by atomic mass is 16.3. The molecule has 108 valence electrons. The van der Waals surface area contributed by atoms with E-state index in [2.05, 4.69) is 31.0 Å². The highest BCUT2D eigenvalue weighted by Crippen LogP contribution is 2.24. The second-order valence-electron chi connectivity index (χ2n) is 5.92. The number of nitrogens with one attached hydrogen (secondary N) is 1. The van der Waals surface area contributed by atoms with Crippen molar-refractivity contribution in [1.29, 1.82) is 0 Å². The van der Waals surface area contributed by atoms with E-state index in [9.17, 15) is 5.11 Å². The van der Waals surface area contributed by atoms with Gasteiger partial charge in [-0.05, 0) is 52.2 Å². The fourth-order valence-electron chi connectivity index (χ4n) is 3.19. The van der Waals surface area contributed by atoms with E-state index in [4.69, 9.17) is 0 Å². The van der Waals surface area contributed by atoms with Gasteiger partial charge in [0, 0.05) is 11.6 Å². The van der Waals surface area contributed by atoms with Gasteiger partial charge < -0.3 is 15.3 Å². The average Bonchev–Trinajstić information content (AvgIpc) is 2.89. The quantitative estimate of drug-likeness (QED) is 0.665. The van der Waals surface area contributed by atoms with Gasteiger partial charge in [0.1, 0.15) is 0 Å². The van der Waals surface area contributed by atoms with E-state index in [0.717, 1.165) is 19.0 Å². The molecule has 1 fully saturated rings. The van der Waals surface area contributed by atoms with Gasteiger partial charge in [0.05, 0.1) is 6.61 Å². The Morgan fingerprint density at radius 3 is 2.44 bits per heavy atom. The molecule has 1 atom stereocenters. The molecule has 18 heavy (non-hydrogen) atoms. The molecule has 1 unspecified atom stereocenters. The Hall–Kier alpha value is -0.120. The van der Waals surface area contributed by atoms with Crippen LogP contribution in [0.1, 0.15) is 59.3 Å². The van der Waals surface area contributed by atoms with Crippen molar-refractivity contribution in [3.63, 3.8) is 0 Å².